The van der Waals surface area contributed by atoms with E-state index in [0.717, 1.165) is 30.5 Å². The van der Waals surface area contributed by atoms with Gasteiger partial charge in [-0.25, -0.2) is 9.07 Å². The van der Waals surface area contributed by atoms with Crippen molar-refractivity contribution in [2.75, 3.05) is 5.73 Å². The van der Waals surface area contributed by atoms with Gasteiger partial charge in [0.15, 0.2) is 0 Å². The van der Waals surface area contributed by atoms with Gasteiger partial charge in [-0.3, -0.25) is 0 Å². The zero-order chi connectivity index (χ0) is 12.0. The Morgan fingerprint density at radius 2 is 2.18 bits per heavy atom. The monoisotopic (exact) mass is 251 g/mol. The molecule has 0 fully saturated rings. The predicted molar refractivity (Wildman–Crippen MR) is 65.0 cm³/mol. The Bertz CT molecular complexity index is 592. The second-order valence-electron chi connectivity index (χ2n) is 4.17. The first-order valence-corrected chi connectivity index (χ1v) is 5.86. The lowest BCUT2D eigenvalue weighted by molar-refractivity contribution is 0.627. The van der Waals surface area contributed by atoms with Crippen LogP contribution in [0, 0.1) is 5.82 Å². The van der Waals surface area contributed by atoms with E-state index in [0.29, 0.717) is 16.5 Å². The third-order valence-electron chi connectivity index (χ3n) is 3.10. The lowest BCUT2D eigenvalue weighted by Gasteiger charge is -2.07. The molecule has 17 heavy (non-hydrogen) atoms. The Balaban J connectivity index is 2.19. The van der Waals surface area contributed by atoms with Crippen molar-refractivity contribution in [3.8, 4) is 5.69 Å². The van der Waals surface area contributed by atoms with Crippen LogP contribution < -0.4 is 5.73 Å². The fraction of sp³-hybridized carbons (Fsp3) is 0.250. The highest BCUT2D eigenvalue weighted by Crippen LogP contribution is 2.31. The van der Waals surface area contributed by atoms with E-state index in [-0.39, 0.29) is 5.82 Å². The molecule has 3 rings (SSSR count). The zero-order valence-electron chi connectivity index (χ0n) is 9.08. The van der Waals surface area contributed by atoms with Crippen LogP contribution in [0.1, 0.15) is 17.7 Å². The highest BCUT2D eigenvalue weighted by molar-refractivity contribution is 6.32. The molecule has 88 valence electrons. The SMILES string of the molecule is Nc1nn(-c2ccc(F)cc2Cl)c2c1CCC2. The first-order chi connectivity index (χ1) is 8.16. The van der Waals surface area contributed by atoms with Gasteiger partial charge in [0, 0.05) is 11.3 Å². The number of fused-ring (bicyclic) bond motifs is 1. The van der Waals surface area contributed by atoms with Crippen molar-refractivity contribution in [3.05, 3.63) is 40.3 Å². The number of halogens is 2. The van der Waals surface area contributed by atoms with E-state index >= 15 is 0 Å². The quantitative estimate of drug-likeness (QED) is 0.847. The van der Waals surface area contributed by atoms with Crippen LogP contribution in [0.3, 0.4) is 0 Å². The van der Waals surface area contributed by atoms with Crippen molar-refractivity contribution in [3.63, 3.8) is 0 Å². The van der Waals surface area contributed by atoms with Crippen LogP contribution in [0.15, 0.2) is 18.2 Å². The summed E-state index contributed by atoms with van der Waals surface area (Å²) >= 11 is 6.03. The van der Waals surface area contributed by atoms with E-state index in [2.05, 4.69) is 5.10 Å². The number of nitrogens with zero attached hydrogens (tertiary/aromatic N) is 2. The topological polar surface area (TPSA) is 43.8 Å². The summed E-state index contributed by atoms with van der Waals surface area (Å²) in [6.07, 6.45) is 2.98. The summed E-state index contributed by atoms with van der Waals surface area (Å²) in [5, 5.41) is 4.63. The van der Waals surface area contributed by atoms with Crippen molar-refractivity contribution in [2.24, 2.45) is 0 Å². The average Bonchev–Trinajstić information content (AvgIpc) is 2.84. The third kappa shape index (κ3) is 1.60. The van der Waals surface area contributed by atoms with E-state index < -0.39 is 0 Å². The largest absolute Gasteiger partial charge is 0.382 e. The van der Waals surface area contributed by atoms with E-state index in [1.54, 1.807) is 10.7 Å². The van der Waals surface area contributed by atoms with Crippen LogP contribution >= 0.6 is 11.6 Å². The molecule has 0 atom stereocenters. The number of hydrogen-bond donors (Lipinski definition) is 1. The van der Waals surface area contributed by atoms with Gasteiger partial charge in [0.1, 0.15) is 11.6 Å². The van der Waals surface area contributed by atoms with Gasteiger partial charge in [0.25, 0.3) is 0 Å². The Hall–Kier alpha value is -1.55. The molecular formula is C12H11ClFN3. The zero-order valence-corrected chi connectivity index (χ0v) is 9.84. The van der Waals surface area contributed by atoms with Crippen LogP contribution in [0.2, 0.25) is 5.02 Å². The second kappa shape index (κ2) is 3.74. The molecule has 1 aromatic carbocycles. The first kappa shape index (κ1) is 10.6. The molecule has 0 amide bonds. The molecule has 2 aromatic rings. The molecule has 1 heterocycles. The van der Waals surface area contributed by atoms with Crippen LogP contribution in [0.4, 0.5) is 10.2 Å². The lowest BCUT2D eigenvalue weighted by Crippen LogP contribution is -2.02. The maximum atomic E-state index is 13.0. The molecule has 0 aliphatic heterocycles. The number of benzene rings is 1. The first-order valence-electron chi connectivity index (χ1n) is 5.48. The van der Waals surface area contributed by atoms with Crippen LogP contribution in [0.5, 0.6) is 0 Å². The van der Waals surface area contributed by atoms with Gasteiger partial charge in [-0.15, -0.1) is 0 Å². The predicted octanol–water partition coefficient (Wildman–Crippen LogP) is 2.74. The highest BCUT2D eigenvalue weighted by atomic mass is 35.5. The maximum absolute atomic E-state index is 13.0. The van der Waals surface area contributed by atoms with Gasteiger partial charge in [-0.05, 0) is 37.5 Å². The number of anilines is 1. The summed E-state index contributed by atoms with van der Waals surface area (Å²) in [5.41, 5.74) is 8.74. The molecule has 0 unspecified atom stereocenters. The smallest absolute Gasteiger partial charge is 0.149 e. The Kier molecular flexibility index (Phi) is 2.33. The maximum Gasteiger partial charge on any atom is 0.149 e. The number of hydrogen-bond acceptors (Lipinski definition) is 2. The van der Waals surface area contributed by atoms with Gasteiger partial charge >= 0.3 is 0 Å². The summed E-state index contributed by atoms with van der Waals surface area (Å²) in [5.74, 6) is 0.202. The van der Waals surface area contributed by atoms with Crippen LogP contribution in [0.25, 0.3) is 5.69 Å². The van der Waals surface area contributed by atoms with Crippen LogP contribution in [-0.4, -0.2) is 9.78 Å². The molecule has 1 aromatic heterocycles. The standard InChI is InChI=1S/C12H11ClFN3/c13-9-6-7(14)4-5-11(9)17-10-3-1-2-8(10)12(15)16-17/h4-6H,1-3H2,(H2,15,16). The molecule has 0 saturated heterocycles. The summed E-state index contributed by atoms with van der Waals surface area (Å²) in [6.45, 7) is 0. The number of nitrogen functional groups attached to an aromatic ring is 1. The Morgan fingerprint density at radius 3 is 2.94 bits per heavy atom. The van der Waals surface area contributed by atoms with Crippen LogP contribution in [-0.2, 0) is 12.8 Å². The molecular weight excluding hydrogens is 241 g/mol. The number of rotatable bonds is 1. The van der Waals surface area contributed by atoms with E-state index in [1.807, 2.05) is 0 Å². The molecule has 0 bridgehead atoms. The van der Waals surface area contributed by atoms with E-state index in [1.165, 1.54) is 12.1 Å². The average molecular weight is 252 g/mol. The van der Waals surface area contributed by atoms with Crippen molar-refractivity contribution in [1.29, 1.82) is 0 Å². The van der Waals surface area contributed by atoms with Gasteiger partial charge in [0.2, 0.25) is 0 Å². The summed E-state index contributed by atoms with van der Waals surface area (Å²) < 4.78 is 14.7. The number of nitrogens with two attached hydrogens (primary N) is 1. The van der Waals surface area contributed by atoms with Crippen molar-refractivity contribution in [1.82, 2.24) is 9.78 Å². The minimum atomic E-state index is -0.351. The Morgan fingerprint density at radius 1 is 1.35 bits per heavy atom. The summed E-state index contributed by atoms with van der Waals surface area (Å²) in [6, 6.07) is 4.29. The molecule has 1 aliphatic carbocycles. The lowest BCUT2D eigenvalue weighted by atomic mass is 10.2. The molecule has 3 nitrogen and oxygen atoms in total. The van der Waals surface area contributed by atoms with Crippen molar-refractivity contribution < 1.29 is 4.39 Å². The molecule has 1 aliphatic rings. The minimum Gasteiger partial charge on any atom is -0.382 e. The highest BCUT2D eigenvalue weighted by Gasteiger charge is 2.22. The van der Waals surface area contributed by atoms with Gasteiger partial charge < -0.3 is 5.73 Å². The summed E-state index contributed by atoms with van der Waals surface area (Å²) in [4.78, 5) is 0. The second-order valence-corrected chi connectivity index (χ2v) is 4.58. The molecule has 0 radical (unpaired) electrons. The fourth-order valence-corrected chi connectivity index (χ4v) is 2.57. The van der Waals surface area contributed by atoms with Crippen molar-refractivity contribution >= 4 is 17.4 Å². The fourth-order valence-electron chi connectivity index (χ4n) is 2.32. The normalized spacial score (nSPS) is 14.0. The minimum absolute atomic E-state index is 0.349. The molecule has 2 N–H and O–H groups in total. The molecule has 0 spiro atoms. The molecule has 0 saturated carbocycles. The van der Waals surface area contributed by atoms with Gasteiger partial charge in [-0.1, -0.05) is 11.6 Å². The third-order valence-corrected chi connectivity index (χ3v) is 3.40. The van der Waals surface area contributed by atoms with Crippen molar-refractivity contribution in [2.45, 2.75) is 19.3 Å². The van der Waals surface area contributed by atoms with E-state index in [9.17, 15) is 4.39 Å². The van der Waals surface area contributed by atoms with Gasteiger partial charge in [0.05, 0.1) is 10.7 Å². The summed E-state index contributed by atoms with van der Waals surface area (Å²) in [7, 11) is 0. The van der Waals surface area contributed by atoms with Gasteiger partial charge in [-0.2, -0.15) is 5.10 Å². The molecule has 5 heteroatoms. The number of aromatic nitrogens is 2. The Labute approximate surface area is 103 Å². The van der Waals surface area contributed by atoms with E-state index in [4.69, 9.17) is 17.3 Å².